The summed E-state index contributed by atoms with van der Waals surface area (Å²) in [6, 6.07) is 4.87. The average molecular weight is 235 g/mol. The van der Waals surface area contributed by atoms with E-state index < -0.39 is 11.9 Å². The second kappa shape index (κ2) is 5.41. The maximum absolute atomic E-state index is 13.0. The molecule has 0 bridgehead atoms. The van der Waals surface area contributed by atoms with E-state index in [0.717, 1.165) is 6.07 Å². The van der Waals surface area contributed by atoms with Crippen LogP contribution in [0.3, 0.4) is 0 Å². The van der Waals surface area contributed by atoms with Gasteiger partial charge >= 0.3 is 0 Å². The van der Waals surface area contributed by atoms with Crippen molar-refractivity contribution in [3.05, 3.63) is 29.6 Å². The van der Waals surface area contributed by atoms with Crippen LogP contribution in [0, 0.1) is 23.1 Å². The number of nitrogens with two attached hydrogens (primary N) is 1. The average Bonchev–Trinajstić information content (AvgIpc) is 2.30. The summed E-state index contributed by atoms with van der Waals surface area (Å²) in [4.78, 5) is 11.6. The van der Waals surface area contributed by atoms with Gasteiger partial charge in [0.25, 0.3) is 0 Å². The molecule has 0 heterocycles. The van der Waals surface area contributed by atoms with Gasteiger partial charge in [0, 0.05) is 5.69 Å². The van der Waals surface area contributed by atoms with Crippen LogP contribution in [0.4, 0.5) is 10.1 Å². The van der Waals surface area contributed by atoms with Gasteiger partial charge in [-0.2, -0.15) is 5.26 Å². The van der Waals surface area contributed by atoms with Crippen LogP contribution in [0.1, 0.15) is 19.4 Å². The number of hydrogen-bond donors (Lipinski definition) is 2. The second-order valence-electron chi connectivity index (χ2n) is 4.07. The van der Waals surface area contributed by atoms with Crippen molar-refractivity contribution in [1.29, 1.82) is 5.26 Å². The van der Waals surface area contributed by atoms with Crippen molar-refractivity contribution in [3.8, 4) is 6.07 Å². The summed E-state index contributed by atoms with van der Waals surface area (Å²) >= 11 is 0. The summed E-state index contributed by atoms with van der Waals surface area (Å²) in [5.74, 6) is -0.958. The van der Waals surface area contributed by atoms with E-state index in [4.69, 9.17) is 11.0 Å². The van der Waals surface area contributed by atoms with E-state index in [1.54, 1.807) is 6.07 Å². The van der Waals surface area contributed by atoms with E-state index in [0.29, 0.717) is 5.69 Å². The first kappa shape index (κ1) is 13.1. The van der Waals surface area contributed by atoms with Gasteiger partial charge in [0.15, 0.2) is 0 Å². The third-order valence-corrected chi connectivity index (χ3v) is 2.38. The van der Waals surface area contributed by atoms with Crippen molar-refractivity contribution in [2.45, 2.75) is 19.9 Å². The molecule has 0 spiro atoms. The molecule has 0 aliphatic carbocycles. The van der Waals surface area contributed by atoms with Crippen LogP contribution in [-0.2, 0) is 4.79 Å². The van der Waals surface area contributed by atoms with Crippen LogP contribution in [-0.4, -0.2) is 11.9 Å². The lowest BCUT2D eigenvalue weighted by atomic mass is 10.0. The Morgan fingerprint density at radius 3 is 2.71 bits per heavy atom. The normalized spacial score (nSPS) is 12.0. The van der Waals surface area contributed by atoms with Gasteiger partial charge in [0.2, 0.25) is 5.91 Å². The molecular weight excluding hydrogens is 221 g/mol. The Kier molecular flexibility index (Phi) is 4.18. The summed E-state index contributed by atoms with van der Waals surface area (Å²) in [7, 11) is 0. The molecule has 0 unspecified atom stereocenters. The van der Waals surface area contributed by atoms with Gasteiger partial charge in [-0.1, -0.05) is 13.8 Å². The molecule has 1 aromatic carbocycles. The Bertz CT molecular complexity index is 465. The summed E-state index contributed by atoms with van der Waals surface area (Å²) in [5, 5.41) is 11.2. The van der Waals surface area contributed by atoms with Crippen molar-refractivity contribution >= 4 is 11.6 Å². The molecule has 3 N–H and O–H groups in total. The van der Waals surface area contributed by atoms with Crippen LogP contribution < -0.4 is 11.1 Å². The molecule has 0 aliphatic heterocycles. The Hall–Kier alpha value is -1.93. The first-order valence-electron chi connectivity index (χ1n) is 5.21. The Morgan fingerprint density at radius 1 is 1.53 bits per heavy atom. The Morgan fingerprint density at radius 2 is 2.18 bits per heavy atom. The highest BCUT2D eigenvalue weighted by atomic mass is 19.1. The van der Waals surface area contributed by atoms with Gasteiger partial charge in [0.05, 0.1) is 11.6 Å². The van der Waals surface area contributed by atoms with E-state index in [-0.39, 0.29) is 17.4 Å². The predicted octanol–water partition coefficient (Wildman–Crippen LogP) is 1.62. The molecule has 1 rings (SSSR count). The monoisotopic (exact) mass is 235 g/mol. The maximum atomic E-state index is 13.0. The zero-order valence-electron chi connectivity index (χ0n) is 9.70. The molecule has 0 aliphatic rings. The minimum absolute atomic E-state index is 0.00545. The highest BCUT2D eigenvalue weighted by Gasteiger charge is 2.17. The fraction of sp³-hybridized carbons (Fsp3) is 0.333. The molecule has 0 fully saturated rings. The van der Waals surface area contributed by atoms with Gasteiger partial charge in [-0.05, 0) is 24.1 Å². The molecule has 0 aromatic heterocycles. The number of anilines is 1. The number of benzene rings is 1. The van der Waals surface area contributed by atoms with Gasteiger partial charge in [-0.25, -0.2) is 4.39 Å². The quantitative estimate of drug-likeness (QED) is 0.835. The van der Waals surface area contributed by atoms with Crippen molar-refractivity contribution in [2.24, 2.45) is 11.7 Å². The molecule has 0 radical (unpaired) electrons. The second-order valence-corrected chi connectivity index (χ2v) is 4.07. The van der Waals surface area contributed by atoms with E-state index in [1.807, 2.05) is 13.8 Å². The Labute approximate surface area is 99.2 Å². The molecule has 4 nitrogen and oxygen atoms in total. The number of carbonyl (C=O) groups is 1. The standard InChI is InChI=1S/C12H14FN3O/c1-7(2)11(15)12(17)16-9-3-4-10(13)8(5-9)6-14/h3-5,7,11H,15H2,1-2H3,(H,16,17)/t11-/m1/s1. The van der Waals surface area contributed by atoms with Gasteiger partial charge < -0.3 is 11.1 Å². The topological polar surface area (TPSA) is 78.9 Å². The zero-order valence-corrected chi connectivity index (χ0v) is 9.70. The molecule has 1 amide bonds. The number of carbonyl (C=O) groups excluding carboxylic acids is 1. The SMILES string of the molecule is CC(C)[C@@H](N)C(=O)Nc1ccc(F)c(C#N)c1. The molecular formula is C12H14FN3O. The van der Waals surface area contributed by atoms with Crippen LogP contribution in [0.5, 0.6) is 0 Å². The van der Waals surface area contributed by atoms with Crippen molar-refractivity contribution in [1.82, 2.24) is 0 Å². The van der Waals surface area contributed by atoms with Crippen molar-refractivity contribution in [3.63, 3.8) is 0 Å². The number of nitriles is 1. The van der Waals surface area contributed by atoms with Crippen molar-refractivity contribution in [2.75, 3.05) is 5.32 Å². The fourth-order valence-corrected chi connectivity index (χ4v) is 1.22. The van der Waals surface area contributed by atoms with Crippen molar-refractivity contribution < 1.29 is 9.18 Å². The third kappa shape index (κ3) is 3.26. The Balaban J connectivity index is 2.83. The van der Waals surface area contributed by atoms with E-state index in [9.17, 15) is 9.18 Å². The number of hydrogen-bond acceptors (Lipinski definition) is 3. The zero-order chi connectivity index (χ0) is 13.0. The smallest absolute Gasteiger partial charge is 0.241 e. The lowest BCUT2D eigenvalue weighted by Gasteiger charge is -2.15. The van der Waals surface area contributed by atoms with E-state index in [2.05, 4.69) is 5.32 Å². The first-order chi connectivity index (χ1) is 7.95. The lowest BCUT2D eigenvalue weighted by molar-refractivity contribution is -0.118. The van der Waals surface area contributed by atoms with Crippen LogP contribution in [0.2, 0.25) is 0 Å². The number of nitrogens with zero attached hydrogens (tertiary/aromatic N) is 1. The largest absolute Gasteiger partial charge is 0.325 e. The maximum Gasteiger partial charge on any atom is 0.241 e. The highest BCUT2D eigenvalue weighted by molar-refractivity contribution is 5.94. The van der Waals surface area contributed by atoms with Gasteiger partial charge in [-0.15, -0.1) is 0 Å². The number of halogens is 1. The number of amides is 1. The molecule has 0 saturated carbocycles. The molecule has 1 atom stereocenters. The minimum Gasteiger partial charge on any atom is -0.325 e. The van der Waals surface area contributed by atoms with Crippen LogP contribution in [0.15, 0.2) is 18.2 Å². The molecule has 0 saturated heterocycles. The predicted molar refractivity (Wildman–Crippen MR) is 62.6 cm³/mol. The molecule has 5 heteroatoms. The molecule has 17 heavy (non-hydrogen) atoms. The summed E-state index contributed by atoms with van der Waals surface area (Å²) < 4.78 is 13.0. The third-order valence-electron chi connectivity index (χ3n) is 2.38. The van der Waals surface area contributed by atoms with Crippen LogP contribution in [0.25, 0.3) is 0 Å². The van der Waals surface area contributed by atoms with Crippen LogP contribution >= 0.6 is 0 Å². The first-order valence-corrected chi connectivity index (χ1v) is 5.21. The van der Waals surface area contributed by atoms with E-state index in [1.165, 1.54) is 12.1 Å². The number of nitrogens with one attached hydrogen (secondary N) is 1. The fourth-order valence-electron chi connectivity index (χ4n) is 1.22. The molecule has 90 valence electrons. The summed E-state index contributed by atoms with van der Waals surface area (Å²) in [5.41, 5.74) is 5.91. The highest BCUT2D eigenvalue weighted by Crippen LogP contribution is 2.14. The van der Waals surface area contributed by atoms with Gasteiger partial charge in [-0.3, -0.25) is 4.79 Å². The van der Waals surface area contributed by atoms with Gasteiger partial charge in [0.1, 0.15) is 11.9 Å². The number of rotatable bonds is 3. The van der Waals surface area contributed by atoms with E-state index >= 15 is 0 Å². The summed E-state index contributed by atoms with van der Waals surface area (Å²) in [6.07, 6.45) is 0. The summed E-state index contributed by atoms with van der Waals surface area (Å²) in [6.45, 7) is 3.66. The minimum atomic E-state index is -0.634. The molecule has 1 aromatic rings. The lowest BCUT2D eigenvalue weighted by Crippen LogP contribution is -2.39.